The number of nitrogens with zero attached hydrogens (tertiary/aromatic N) is 2. The van der Waals surface area contributed by atoms with Crippen LogP contribution in [0.15, 0.2) is 70.6 Å². The molecule has 0 N–H and O–H groups in total. The van der Waals surface area contributed by atoms with Crippen molar-refractivity contribution in [2.75, 3.05) is 20.0 Å². The Labute approximate surface area is 201 Å². The van der Waals surface area contributed by atoms with Gasteiger partial charge < -0.3 is 9.47 Å². The van der Waals surface area contributed by atoms with Crippen LogP contribution in [0.4, 0.5) is 0 Å². The highest BCUT2D eigenvalue weighted by Gasteiger charge is 2.18. The molecule has 1 aromatic heterocycles. The normalized spacial score (nSPS) is 12.5. The maximum atomic E-state index is 13.5. The van der Waals surface area contributed by atoms with Crippen LogP contribution < -0.4 is 15.0 Å². The maximum Gasteiger partial charge on any atom is 0.266 e. The summed E-state index contributed by atoms with van der Waals surface area (Å²) in [6.07, 6.45) is 3.24. The van der Waals surface area contributed by atoms with Crippen LogP contribution in [0.5, 0.6) is 11.5 Å². The van der Waals surface area contributed by atoms with Crippen molar-refractivity contribution in [1.82, 2.24) is 9.55 Å². The number of ketones is 1. The van der Waals surface area contributed by atoms with Gasteiger partial charge in [0.25, 0.3) is 5.56 Å². The molecule has 0 radical (unpaired) electrons. The number of carbonyl (C=O) groups is 1. The average Bonchev–Trinajstić information content (AvgIpc) is 3.35. The smallest absolute Gasteiger partial charge is 0.266 e. The SMILES string of the molecule is COc1ccc(-n2c(SCC(=O)c3ccc4c(c3)CCC4)nc3ccccc3c2=O)cc1OC. The summed E-state index contributed by atoms with van der Waals surface area (Å²) in [6, 6.07) is 18.5. The van der Waals surface area contributed by atoms with Gasteiger partial charge >= 0.3 is 0 Å². The Morgan fingerprint density at radius 1 is 0.971 bits per heavy atom. The molecule has 3 aromatic carbocycles. The monoisotopic (exact) mass is 472 g/mol. The van der Waals surface area contributed by atoms with Gasteiger partial charge in [-0.05, 0) is 60.7 Å². The first-order chi connectivity index (χ1) is 16.6. The van der Waals surface area contributed by atoms with E-state index in [2.05, 4.69) is 6.07 Å². The molecule has 5 rings (SSSR count). The second-order valence-electron chi connectivity index (χ2n) is 8.14. The van der Waals surface area contributed by atoms with Crippen LogP contribution in [0.3, 0.4) is 0 Å². The maximum absolute atomic E-state index is 13.5. The first kappa shape index (κ1) is 22.2. The van der Waals surface area contributed by atoms with Crippen LogP contribution in [-0.2, 0) is 12.8 Å². The summed E-state index contributed by atoms with van der Waals surface area (Å²) in [6.45, 7) is 0. The minimum atomic E-state index is -0.203. The van der Waals surface area contributed by atoms with E-state index >= 15 is 0 Å². The number of para-hydroxylation sites is 1. The van der Waals surface area contributed by atoms with Gasteiger partial charge in [0.05, 0.1) is 36.6 Å². The number of hydrogen-bond acceptors (Lipinski definition) is 6. The van der Waals surface area contributed by atoms with E-state index in [0.717, 1.165) is 19.3 Å². The summed E-state index contributed by atoms with van der Waals surface area (Å²) < 4.78 is 12.3. The first-order valence-corrected chi connectivity index (χ1v) is 12.1. The number of aromatic nitrogens is 2. The third kappa shape index (κ3) is 4.07. The van der Waals surface area contributed by atoms with Gasteiger partial charge in [-0.25, -0.2) is 4.98 Å². The first-order valence-electron chi connectivity index (χ1n) is 11.1. The minimum Gasteiger partial charge on any atom is -0.493 e. The number of rotatable bonds is 7. The van der Waals surface area contributed by atoms with E-state index in [1.807, 2.05) is 30.3 Å². The van der Waals surface area contributed by atoms with Crippen LogP contribution in [0.25, 0.3) is 16.6 Å². The summed E-state index contributed by atoms with van der Waals surface area (Å²) >= 11 is 1.26. The summed E-state index contributed by atoms with van der Waals surface area (Å²) in [7, 11) is 3.11. The van der Waals surface area contributed by atoms with Crippen molar-refractivity contribution in [2.45, 2.75) is 24.4 Å². The topological polar surface area (TPSA) is 70.4 Å². The molecule has 0 spiro atoms. The number of ether oxygens (including phenoxy) is 2. The van der Waals surface area contributed by atoms with Gasteiger partial charge in [0.15, 0.2) is 22.4 Å². The Bertz CT molecular complexity index is 1460. The quantitative estimate of drug-likeness (QED) is 0.217. The fraction of sp³-hybridized carbons (Fsp3) is 0.222. The average molecular weight is 473 g/mol. The largest absolute Gasteiger partial charge is 0.493 e. The van der Waals surface area contributed by atoms with Crippen molar-refractivity contribution < 1.29 is 14.3 Å². The highest BCUT2D eigenvalue weighted by Crippen LogP contribution is 2.31. The summed E-state index contributed by atoms with van der Waals surface area (Å²) in [5.74, 6) is 1.26. The van der Waals surface area contributed by atoms with Crippen molar-refractivity contribution >= 4 is 28.4 Å². The summed E-state index contributed by atoms with van der Waals surface area (Å²) in [5.41, 5.74) is 4.29. The van der Waals surface area contributed by atoms with E-state index in [1.165, 1.54) is 27.5 Å². The lowest BCUT2D eigenvalue weighted by atomic mass is 10.0. The molecule has 0 saturated carbocycles. The van der Waals surface area contributed by atoms with Crippen molar-refractivity contribution in [2.24, 2.45) is 0 Å². The summed E-state index contributed by atoms with van der Waals surface area (Å²) in [4.78, 5) is 31.3. The molecule has 1 aliphatic rings. The minimum absolute atomic E-state index is 0.0148. The lowest BCUT2D eigenvalue weighted by Gasteiger charge is -2.15. The van der Waals surface area contributed by atoms with Crippen LogP contribution in [-0.4, -0.2) is 35.3 Å². The van der Waals surface area contributed by atoms with Gasteiger partial charge in [-0.3, -0.25) is 14.2 Å². The highest BCUT2D eigenvalue weighted by atomic mass is 32.2. The van der Waals surface area contributed by atoms with Gasteiger partial charge in [0.1, 0.15) is 0 Å². The Hall–Kier alpha value is -3.58. The number of benzene rings is 3. The van der Waals surface area contributed by atoms with E-state index in [-0.39, 0.29) is 17.1 Å². The molecule has 0 aliphatic heterocycles. The molecule has 7 heteroatoms. The second-order valence-corrected chi connectivity index (χ2v) is 9.08. The number of aryl methyl sites for hydroxylation is 2. The fourth-order valence-corrected chi connectivity index (χ4v) is 5.27. The molecule has 34 heavy (non-hydrogen) atoms. The van der Waals surface area contributed by atoms with Gasteiger partial charge in [0, 0.05) is 11.6 Å². The van der Waals surface area contributed by atoms with E-state index in [4.69, 9.17) is 14.5 Å². The summed E-state index contributed by atoms with van der Waals surface area (Å²) in [5, 5.41) is 0.956. The van der Waals surface area contributed by atoms with E-state index in [0.29, 0.717) is 38.8 Å². The molecule has 0 unspecified atom stereocenters. The van der Waals surface area contributed by atoms with Crippen molar-refractivity contribution in [3.63, 3.8) is 0 Å². The lowest BCUT2D eigenvalue weighted by molar-refractivity contribution is 0.102. The van der Waals surface area contributed by atoms with E-state index in [1.54, 1.807) is 38.5 Å². The third-order valence-corrected chi connectivity index (χ3v) is 7.06. The Kier molecular flexibility index (Phi) is 6.11. The molecule has 1 heterocycles. The zero-order valence-corrected chi connectivity index (χ0v) is 19.9. The van der Waals surface area contributed by atoms with Crippen LogP contribution >= 0.6 is 11.8 Å². The molecule has 0 bridgehead atoms. The number of Topliss-reactive ketones (excluding diaryl/α,β-unsaturated/α-hetero) is 1. The molecule has 172 valence electrons. The Morgan fingerprint density at radius 3 is 2.59 bits per heavy atom. The van der Waals surface area contributed by atoms with Gasteiger partial charge in [-0.2, -0.15) is 0 Å². The molecular formula is C27H24N2O4S. The zero-order valence-electron chi connectivity index (χ0n) is 19.0. The number of carbonyl (C=O) groups excluding carboxylic acids is 1. The molecule has 0 atom stereocenters. The van der Waals surface area contributed by atoms with Crippen molar-refractivity contribution in [3.8, 4) is 17.2 Å². The molecule has 1 aliphatic carbocycles. The van der Waals surface area contributed by atoms with Crippen molar-refractivity contribution in [1.29, 1.82) is 0 Å². The Balaban J connectivity index is 1.54. The van der Waals surface area contributed by atoms with Gasteiger partial charge in [-0.15, -0.1) is 0 Å². The third-order valence-electron chi connectivity index (χ3n) is 6.12. The number of methoxy groups -OCH3 is 2. The van der Waals surface area contributed by atoms with E-state index < -0.39 is 0 Å². The standard InChI is InChI=1S/C27H24N2O4S/c1-32-24-13-12-20(15-25(24)33-2)29-26(31)21-8-3-4-9-22(21)28-27(29)34-16-23(30)19-11-10-17-6-5-7-18(17)14-19/h3-4,8-15H,5-7,16H2,1-2H3. The number of fused-ring (bicyclic) bond motifs is 2. The van der Waals surface area contributed by atoms with Gasteiger partial charge in [0.2, 0.25) is 0 Å². The second kappa shape index (κ2) is 9.35. The van der Waals surface area contributed by atoms with Crippen LogP contribution in [0.2, 0.25) is 0 Å². The predicted molar refractivity (Wildman–Crippen MR) is 134 cm³/mol. The molecule has 4 aromatic rings. The van der Waals surface area contributed by atoms with Crippen LogP contribution in [0, 0.1) is 0 Å². The van der Waals surface area contributed by atoms with E-state index in [9.17, 15) is 9.59 Å². The fourth-order valence-electron chi connectivity index (χ4n) is 4.36. The van der Waals surface area contributed by atoms with Gasteiger partial charge in [-0.1, -0.05) is 36.0 Å². The molecule has 0 fully saturated rings. The van der Waals surface area contributed by atoms with Crippen LogP contribution in [0.1, 0.15) is 27.9 Å². The highest BCUT2D eigenvalue weighted by molar-refractivity contribution is 7.99. The Morgan fingerprint density at radius 2 is 1.76 bits per heavy atom. The predicted octanol–water partition coefficient (Wildman–Crippen LogP) is 4.87. The molecular weight excluding hydrogens is 448 g/mol. The molecule has 0 amide bonds. The zero-order chi connectivity index (χ0) is 23.7. The number of hydrogen-bond donors (Lipinski definition) is 0. The van der Waals surface area contributed by atoms with Crippen molar-refractivity contribution in [3.05, 3.63) is 87.7 Å². The molecule has 0 saturated heterocycles. The molecule has 6 nitrogen and oxygen atoms in total. The number of thioether (sulfide) groups is 1. The lowest BCUT2D eigenvalue weighted by Crippen LogP contribution is -2.22.